The maximum atomic E-state index is 6.49. The highest BCUT2D eigenvalue weighted by Crippen LogP contribution is 2.27. The molecule has 19 heavy (non-hydrogen) atoms. The summed E-state index contributed by atoms with van der Waals surface area (Å²) in [7, 11) is 0. The molecule has 1 aromatic rings. The highest BCUT2D eigenvalue weighted by molar-refractivity contribution is 5.25. The van der Waals surface area contributed by atoms with E-state index in [4.69, 9.17) is 5.73 Å². The third-order valence-electron chi connectivity index (χ3n) is 4.65. The molecule has 3 atom stereocenters. The first-order valence-electron chi connectivity index (χ1n) is 7.71. The molecule has 2 rings (SSSR count). The van der Waals surface area contributed by atoms with Crippen LogP contribution < -0.4 is 5.73 Å². The van der Waals surface area contributed by atoms with Crippen LogP contribution in [0.5, 0.6) is 0 Å². The minimum atomic E-state index is 0.118. The maximum Gasteiger partial charge on any atom is 0.0450 e. The molecule has 0 bridgehead atoms. The molecule has 3 unspecified atom stereocenters. The van der Waals surface area contributed by atoms with Gasteiger partial charge in [0.05, 0.1) is 0 Å². The van der Waals surface area contributed by atoms with E-state index in [1.807, 2.05) is 0 Å². The average Bonchev–Trinajstić information content (AvgIpc) is 2.46. The molecule has 1 saturated heterocycles. The van der Waals surface area contributed by atoms with Gasteiger partial charge >= 0.3 is 0 Å². The molecule has 0 saturated carbocycles. The molecule has 0 spiro atoms. The quantitative estimate of drug-likeness (QED) is 0.895. The Morgan fingerprint density at radius 2 is 1.95 bits per heavy atom. The zero-order valence-corrected chi connectivity index (χ0v) is 12.6. The van der Waals surface area contributed by atoms with Gasteiger partial charge in [-0.25, -0.2) is 0 Å². The molecule has 0 radical (unpaired) electrons. The average molecular weight is 260 g/mol. The molecule has 2 N–H and O–H groups in total. The Hall–Kier alpha value is -0.860. The molecule has 0 aromatic heterocycles. The van der Waals surface area contributed by atoms with E-state index in [-0.39, 0.29) is 6.04 Å². The van der Waals surface area contributed by atoms with Gasteiger partial charge in [0.2, 0.25) is 0 Å². The Kier molecular flexibility index (Phi) is 5.00. The third kappa shape index (κ3) is 3.37. The number of aryl methyl sites for hydroxylation is 1. The van der Waals surface area contributed by atoms with Gasteiger partial charge in [0.25, 0.3) is 0 Å². The van der Waals surface area contributed by atoms with Crippen LogP contribution in [-0.2, 0) is 0 Å². The summed E-state index contributed by atoms with van der Waals surface area (Å²) in [5.74, 6) is 0. The van der Waals surface area contributed by atoms with Crippen LogP contribution in [0, 0.1) is 6.92 Å². The maximum absolute atomic E-state index is 6.49. The largest absolute Gasteiger partial charge is 0.323 e. The minimum Gasteiger partial charge on any atom is -0.323 e. The van der Waals surface area contributed by atoms with E-state index < -0.39 is 0 Å². The minimum absolute atomic E-state index is 0.118. The van der Waals surface area contributed by atoms with Gasteiger partial charge < -0.3 is 5.73 Å². The molecule has 0 amide bonds. The number of benzene rings is 1. The monoisotopic (exact) mass is 260 g/mol. The van der Waals surface area contributed by atoms with Crippen LogP contribution in [0.25, 0.3) is 0 Å². The third-order valence-corrected chi connectivity index (χ3v) is 4.65. The molecular formula is C17H28N2. The zero-order chi connectivity index (χ0) is 13.8. The van der Waals surface area contributed by atoms with Gasteiger partial charge in [-0.15, -0.1) is 0 Å². The van der Waals surface area contributed by atoms with E-state index in [1.165, 1.54) is 43.4 Å². The topological polar surface area (TPSA) is 29.3 Å². The van der Waals surface area contributed by atoms with Gasteiger partial charge in [-0.05, 0) is 45.2 Å². The lowest BCUT2D eigenvalue weighted by Crippen LogP contribution is -2.48. The van der Waals surface area contributed by atoms with Crippen molar-refractivity contribution in [3.63, 3.8) is 0 Å². The highest BCUT2D eigenvalue weighted by Gasteiger charge is 2.29. The summed E-state index contributed by atoms with van der Waals surface area (Å²) >= 11 is 0. The molecule has 106 valence electrons. The SMILES string of the molecule is CCC1CCCCN1C(C)C(N)c1ccc(C)cc1. The number of hydrogen-bond acceptors (Lipinski definition) is 2. The van der Waals surface area contributed by atoms with Gasteiger partial charge in [0, 0.05) is 18.1 Å². The van der Waals surface area contributed by atoms with Crippen molar-refractivity contribution in [2.45, 2.75) is 64.6 Å². The van der Waals surface area contributed by atoms with Crippen LogP contribution in [0.15, 0.2) is 24.3 Å². The first-order valence-corrected chi connectivity index (χ1v) is 7.71. The zero-order valence-electron chi connectivity index (χ0n) is 12.6. The van der Waals surface area contributed by atoms with E-state index in [9.17, 15) is 0 Å². The smallest absolute Gasteiger partial charge is 0.0450 e. The Balaban J connectivity index is 2.08. The number of nitrogens with two attached hydrogens (primary N) is 1. The first-order chi connectivity index (χ1) is 9.13. The second kappa shape index (κ2) is 6.53. The van der Waals surface area contributed by atoms with E-state index >= 15 is 0 Å². The molecule has 1 aliphatic rings. The second-order valence-electron chi connectivity index (χ2n) is 5.97. The Morgan fingerprint density at radius 1 is 1.26 bits per heavy atom. The fourth-order valence-corrected chi connectivity index (χ4v) is 3.27. The lowest BCUT2D eigenvalue weighted by molar-refractivity contribution is 0.0863. The van der Waals surface area contributed by atoms with Crippen molar-refractivity contribution in [1.82, 2.24) is 4.90 Å². The lowest BCUT2D eigenvalue weighted by Gasteiger charge is -2.42. The number of hydrogen-bond donors (Lipinski definition) is 1. The number of likely N-dealkylation sites (tertiary alicyclic amines) is 1. The highest BCUT2D eigenvalue weighted by atomic mass is 15.2. The summed E-state index contributed by atoms with van der Waals surface area (Å²) in [5.41, 5.74) is 9.06. The van der Waals surface area contributed by atoms with Crippen molar-refractivity contribution in [1.29, 1.82) is 0 Å². The van der Waals surface area contributed by atoms with Crippen LogP contribution in [0.3, 0.4) is 0 Å². The van der Waals surface area contributed by atoms with E-state index in [0.29, 0.717) is 6.04 Å². The summed E-state index contributed by atoms with van der Waals surface area (Å²) in [5, 5.41) is 0. The Morgan fingerprint density at radius 3 is 2.58 bits per heavy atom. The predicted octanol–water partition coefficient (Wildman–Crippen LogP) is 3.65. The van der Waals surface area contributed by atoms with E-state index in [0.717, 1.165) is 6.04 Å². The molecule has 2 heteroatoms. The fraction of sp³-hybridized carbons (Fsp3) is 0.647. The predicted molar refractivity (Wildman–Crippen MR) is 82.2 cm³/mol. The van der Waals surface area contributed by atoms with Gasteiger partial charge in [-0.2, -0.15) is 0 Å². The second-order valence-corrected chi connectivity index (χ2v) is 5.97. The van der Waals surface area contributed by atoms with Crippen molar-refractivity contribution >= 4 is 0 Å². The van der Waals surface area contributed by atoms with Crippen molar-refractivity contribution in [3.05, 3.63) is 35.4 Å². The first kappa shape index (κ1) is 14.5. The van der Waals surface area contributed by atoms with E-state index in [1.54, 1.807) is 0 Å². The molecule has 2 nitrogen and oxygen atoms in total. The molecule has 0 aliphatic carbocycles. The van der Waals surface area contributed by atoms with Gasteiger partial charge in [0.15, 0.2) is 0 Å². The molecule has 1 fully saturated rings. The van der Waals surface area contributed by atoms with Crippen LogP contribution in [-0.4, -0.2) is 23.5 Å². The number of rotatable bonds is 4. The number of piperidine rings is 1. The van der Waals surface area contributed by atoms with E-state index in [2.05, 4.69) is 49.9 Å². The van der Waals surface area contributed by atoms with Crippen molar-refractivity contribution in [2.75, 3.05) is 6.54 Å². The summed E-state index contributed by atoms with van der Waals surface area (Å²) in [6, 6.07) is 9.95. The summed E-state index contributed by atoms with van der Waals surface area (Å²) in [6.07, 6.45) is 5.27. The van der Waals surface area contributed by atoms with Crippen LogP contribution in [0.2, 0.25) is 0 Å². The summed E-state index contributed by atoms with van der Waals surface area (Å²) in [4.78, 5) is 2.63. The van der Waals surface area contributed by atoms with Crippen LogP contribution >= 0.6 is 0 Å². The Labute approximate surface area is 118 Å². The summed E-state index contributed by atoms with van der Waals surface area (Å²) < 4.78 is 0. The van der Waals surface area contributed by atoms with Gasteiger partial charge in [0.1, 0.15) is 0 Å². The standard InChI is InChI=1S/C17H28N2/c1-4-16-7-5-6-12-19(16)14(3)17(18)15-10-8-13(2)9-11-15/h8-11,14,16-17H,4-7,12,18H2,1-3H3. The van der Waals surface area contributed by atoms with Crippen molar-refractivity contribution in [3.8, 4) is 0 Å². The fourth-order valence-electron chi connectivity index (χ4n) is 3.27. The van der Waals surface area contributed by atoms with Gasteiger partial charge in [-0.3, -0.25) is 4.90 Å². The molecule has 1 heterocycles. The Bertz CT molecular complexity index is 385. The van der Waals surface area contributed by atoms with Crippen molar-refractivity contribution in [2.24, 2.45) is 5.73 Å². The van der Waals surface area contributed by atoms with Gasteiger partial charge in [-0.1, -0.05) is 43.2 Å². The molecule has 1 aliphatic heterocycles. The van der Waals surface area contributed by atoms with Crippen LogP contribution in [0.1, 0.15) is 56.7 Å². The van der Waals surface area contributed by atoms with Crippen LogP contribution in [0.4, 0.5) is 0 Å². The normalized spacial score (nSPS) is 24.1. The summed E-state index contributed by atoms with van der Waals surface area (Å²) in [6.45, 7) is 7.92. The lowest BCUT2D eigenvalue weighted by atomic mass is 9.93. The number of nitrogens with zero attached hydrogens (tertiary/aromatic N) is 1. The van der Waals surface area contributed by atoms with Crippen molar-refractivity contribution < 1.29 is 0 Å². The molecular weight excluding hydrogens is 232 g/mol. The molecule has 1 aromatic carbocycles.